The van der Waals surface area contributed by atoms with Gasteiger partial charge in [0.05, 0.1) is 6.54 Å². The Kier molecular flexibility index (Phi) is 3.11. The lowest BCUT2D eigenvalue weighted by molar-refractivity contribution is 0.309. The van der Waals surface area contributed by atoms with Crippen LogP contribution in [0.15, 0.2) is 36.5 Å². The minimum atomic E-state index is 0.726. The Morgan fingerprint density at radius 3 is 2.74 bits per heavy atom. The molecule has 0 saturated carbocycles. The van der Waals surface area contributed by atoms with Gasteiger partial charge in [0.25, 0.3) is 0 Å². The molecule has 1 aliphatic heterocycles. The molecule has 0 amide bonds. The van der Waals surface area contributed by atoms with Gasteiger partial charge in [-0.2, -0.15) is 0 Å². The molecule has 3 nitrogen and oxygen atoms in total. The summed E-state index contributed by atoms with van der Waals surface area (Å²) in [5.41, 5.74) is 3.65. The fraction of sp³-hybridized carbons (Fsp3) is 0.312. The third-order valence-corrected chi connectivity index (χ3v) is 3.57. The fourth-order valence-corrected chi connectivity index (χ4v) is 2.32. The Morgan fingerprint density at radius 1 is 1.21 bits per heavy atom. The van der Waals surface area contributed by atoms with Crippen LogP contribution in [0.3, 0.4) is 0 Å². The number of rotatable bonds is 2. The van der Waals surface area contributed by atoms with E-state index in [-0.39, 0.29) is 0 Å². The molecule has 0 N–H and O–H groups in total. The molecule has 0 spiro atoms. The zero-order valence-electron chi connectivity index (χ0n) is 11.4. The summed E-state index contributed by atoms with van der Waals surface area (Å²) in [7, 11) is 2.05. The summed E-state index contributed by atoms with van der Waals surface area (Å²) in [5, 5.41) is 0. The number of aryl methyl sites for hydroxylation is 1. The Labute approximate surface area is 113 Å². The van der Waals surface area contributed by atoms with E-state index >= 15 is 0 Å². The molecule has 1 aliphatic rings. The van der Waals surface area contributed by atoms with Crippen molar-refractivity contribution in [2.75, 3.05) is 25.1 Å². The summed E-state index contributed by atoms with van der Waals surface area (Å²) in [5.74, 6) is 1.81. The number of likely N-dealkylation sites (N-methyl/N-ethyl adjacent to an activating group) is 1. The second kappa shape index (κ2) is 4.92. The number of aromatic nitrogens is 1. The minimum absolute atomic E-state index is 0.726. The average molecular weight is 254 g/mol. The first kappa shape index (κ1) is 12.0. The van der Waals surface area contributed by atoms with Crippen LogP contribution in [-0.2, 0) is 6.42 Å². The highest BCUT2D eigenvalue weighted by Gasteiger charge is 2.16. The number of ether oxygens (including phenoxy) is 1. The maximum atomic E-state index is 5.70. The second-order valence-corrected chi connectivity index (χ2v) is 4.87. The third-order valence-electron chi connectivity index (χ3n) is 3.57. The van der Waals surface area contributed by atoms with E-state index < -0.39 is 0 Å². The molecule has 0 unspecified atom stereocenters. The second-order valence-electron chi connectivity index (χ2n) is 4.87. The molecule has 0 fully saturated rings. The third kappa shape index (κ3) is 2.28. The van der Waals surface area contributed by atoms with Crippen molar-refractivity contribution in [1.82, 2.24) is 4.98 Å². The van der Waals surface area contributed by atoms with Crippen LogP contribution in [0.4, 0.5) is 5.82 Å². The van der Waals surface area contributed by atoms with E-state index in [1.54, 1.807) is 0 Å². The molecule has 3 heteroatoms. The number of hydrogen-bond acceptors (Lipinski definition) is 3. The van der Waals surface area contributed by atoms with Gasteiger partial charge in [-0.05, 0) is 23.6 Å². The van der Waals surface area contributed by atoms with E-state index in [2.05, 4.69) is 47.1 Å². The van der Waals surface area contributed by atoms with E-state index in [0.29, 0.717) is 0 Å². The normalized spacial score (nSPS) is 13.9. The topological polar surface area (TPSA) is 25.4 Å². The maximum absolute atomic E-state index is 5.70. The van der Waals surface area contributed by atoms with E-state index in [4.69, 9.17) is 4.74 Å². The number of fused-ring (bicyclic) bond motifs is 1. The molecule has 0 bridgehead atoms. The van der Waals surface area contributed by atoms with Crippen LogP contribution < -0.4 is 9.64 Å². The van der Waals surface area contributed by atoms with Crippen molar-refractivity contribution in [3.05, 3.63) is 42.1 Å². The maximum Gasteiger partial charge on any atom is 0.171 e. The Bertz CT molecular complexity index is 578. The molecule has 19 heavy (non-hydrogen) atoms. The summed E-state index contributed by atoms with van der Waals surface area (Å²) in [4.78, 5) is 6.65. The molecule has 2 heterocycles. The standard InChI is InChI=1S/C16H18N2O/c1-3-12-4-6-13(7-5-12)14-10-15-16(17-11-14)18(2)8-9-19-15/h4-7,10-11H,3,8-9H2,1-2H3. The smallest absolute Gasteiger partial charge is 0.171 e. The van der Waals surface area contributed by atoms with E-state index in [1.807, 2.05) is 13.2 Å². The minimum Gasteiger partial charge on any atom is -0.488 e. The van der Waals surface area contributed by atoms with Crippen LogP contribution >= 0.6 is 0 Å². The summed E-state index contributed by atoms with van der Waals surface area (Å²) >= 11 is 0. The van der Waals surface area contributed by atoms with Crippen LogP contribution in [-0.4, -0.2) is 25.2 Å². The van der Waals surface area contributed by atoms with Crippen molar-refractivity contribution >= 4 is 5.82 Å². The Hall–Kier alpha value is -2.03. The molecule has 0 radical (unpaired) electrons. The first-order valence-corrected chi connectivity index (χ1v) is 6.71. The van der Waals surface area contributed by atoms with Crippen molar-refractivity contribution in [2.24, 2.45) is 0 Å². The summed E-state index contributed by atoms with van der Waals surface area (Å²) in [6, 6.07) is 10.7. The first-order valence-electron chi connectivity index (χ1n) is 6.71. The first-order chi connectivity index (χ1) is 9.28. The van der Waals surface area contributed by atoms with Crippen LogP contribution in [0.5, 0.6) is 5.75 Å². The van der Waals surface area contributed by atoms with Crippen molar-refractivity contribution in [2.45, 2.75) is 13.3 Å². The van der Waals surface area contributed by atoms with Crippen LogP contribution in [0.1, 0.15) is 12.5 Å². The molecule has 2 aromatic rings. The molecule has 0 aliphatic carbocycles. The number of hydrogen-bond donors (Lipinski definition) is 0. The number of benzene rings is 1. The Balaban J connectivity index is 1.96. The van der Waals surface area contributed by atoms with Gasteiger partial charge in [0.15, 0.2) is 11.6 Å². The van der Waals surface area contributed by atoms with Gasteiger partial charge >= 0.3 is 0 Å². The summed E-state index contributed by atoms with van der Waals surface area (Å²) < 4.78 is 5.70. The molecular formula is C16H18N2O. The SMILES string of the molecule is CCc1ccc(-c2cnc3c(c2)OCCN3C)cc1. The molecular weight excluding hydrogens is 236 g/mol. The zero-order chi connectivity index (χ0) is 13.2. The van der Waals surface area contributed by atoms with Gasteiger partial charge < -0.3 is 9.64 Å². The predicted octanol–water partition coefficient (Wildman–Crippen LogP) is 3.14. The quantitative estimate of drug-likeness (QED) is 0.823. The van der Waals surface area contributed by atoms with Gasteiger partial charge in [-0.25, -0.2) is 4.98 Å². The summed E-state index contributed by atoms with van der Waals surface area (Å²) in [6.45, 7) is 3.78. The lowest BCUT2D eigenvalue weighted by atomic mass is 10.0. The van der Waals surface area contributed by atoms with Crippen molar-refractivity contribution < 1.29 is 4.74 Å². The van der Waals surface area contributed by atoms with Crippen molar-refractivity contribution in [3.63, 3.8) is 0 Å². The molecule has 0 saturated heterocycles. The lowest BCUT2D eigenvalue weighted by Crippen LogP contribution is -2.29. The Morgan fingerprint density at radius 2 is 2.00 bits per heavy atom. The van der Waals surface area contributed by atoms with Crippen LogP contribution in [0.25, 0.3) is 11.1 Å². The average Bonchev–Trinajstić information content (AvgIpc) is 2.47. The molecule has 1 aromatic carbocycles. The number of nitrogens with zero attached hydrogens (tertiary/aromatic N) is 2. The lowest BCUT2D eigenvalue weighted by Gasteiger charge is -2.26. The van der Waals surface area contributed by atoms with Crippen LogP contribution in [0.2, 0.25) is 0 Å². The number of pyridine rings is 1. The molecule has 98 valence electrons. The molecule has 1 aromatic heterocycles. The highest BCUT2D eigenvalue weighted by molar-refractivity contribution is 5.68. The van der Waals surface area contributed by atoms with Gasteiger partial charge in [-0.1, -0.05) is 31.2 Å². The largest absolute Gasteiger partial charge is 0.488 e. The monoisotopic (exact) mass is 254 g/mol. The van der Waals surface area contributed by atoms with Crippen molar-refractivity contribution in [3.8, 4) is 16.9 Å². The summed E-state index contributed by atoms with van der Waals surface area (Å²) in [6.07, 6.45) is 2.99. The van der Waals surface area contributed by atoms with Crippen LogP contribution in [0, 0.1) is 0 Å². The van der Waals surface area contributed by atoms with E-state index in [0.717, 1.165) is 36.7 Å². The molecule has 0 atom stereocenters. The highest BCUT2D eigenvalue weighted by atomic mass is 16.5. The zero-order valence-corrected chi connectivity index (χ0v) is 11.4. The molecule has 3 rings (SSSR count). The van der Waals surface area contributed by atoms with Gasteiger partial charge in [0.1, 0.15) is 6.61 Å². The van der Waals surface area contributed by atoms with Crippen molar-refractivity contribution in [1.29, 1.82) is 0 Å². The fourth-order valence-electron chi connectivity index (χ4n) is 2.32. The highest BCUT2D eigenvalue weighted by Crippen LogP contribution is 2.32. The van der Waals surface area contributed by atoms with E-state index in [9.17, 15) is 0 Å². The van der Waals surface area contributed by atoms with Gasteiger partial charge in [0, 0.05) is 18.8 Å². The number of anilines is 1. The van der Waals surface area contributed by atoms with Gasteiger partial charge in [-0.3, -0.25) is 0 Å². The van der Waals surface area contributed by atoms with Gasteiger partial charge in [-0.15, -0.1) is 0 Å². The van der Waals surface area contributed by atoms with E-state index in [1.165, 1.54) is 11.1 Å². The van der Waals surface area contributed by atoms with Gasteiger partial charge in [0.2, 0.25) is 0 Å². The predicted molar refractivity (Wildman–Crippen MR) is 77.8 cm³/mol.